The smallest absolute Gasteiger partial charge is 0.328 e. The fourth-order valence-corrected chi connectivity index (χ4v) is 4.30. The topological polar surface area (TPSA) is 101 Å². The maximum Gasteiger partial charge on any atom is 0.328 e. The first-order chi connectivity index (χ1) is 18.4. The largest absolute Gasteiger partial charge is 0.494 e. The first kappa shape index (κ1) is 27.2. The Morgan fingerprint density at radius 3 is 2.42 bits per heavy atom. The van der Waals surface area contributed by atoms with Crippen molar-refractivity contribution in [1.29, 1.82) is 0 Å². The lowest BCUT2D eigenvalue weighted by Crippen LogP contribution is -2.36. The quantitative estimate of drug-likeness (QED) is 0.150. The van der Waals surface area contributed by atoms with Crippen LogP contribution in [-0.2, 0) is 9.59 Å². The summed E-state index contributed by atoms with van der Waals surface area (Å²) in [6.45, 7) is 2.75. The van der Waals surface area contributed by atoms with Crippen LogP contribution in [-0.4, -0.2) is 29.0 Å². The van der Waals surface area contributed by atoms with E-state index in [9.17, 15) is 14.4 Å². The van der Waals surface area contributed by atoms with Crippen molar-refractivity contribution in [2.24, 2.45) is 0 Å². The molecule has 38 heavy (non-hydrogen) atoms. The maximum absolute atomic E-state index is 13.2. The summed E-state index contributed by atoms with van der Waals surface area (Å²) >= 11 is 9.60. The molecule has 3 amide bonds. The van der Waals surface area contributed by atoms with E-state index in [4.69, 9.17) is 16.3 Å². The molecule has 8 nitrogen and oxygen atoms in total. The summed E-state index contributed by atoms with van der Waals surface area (Å²) in [5.74, 6) is -1.67. The third-order valence-electron chi connectivity index (χ3n) is 5.67. The molecule has 0 aliphatic carbocycles. The van der Waals surface area contributed by atoms with E-state index in [-0.39, 0.29) is 5.69 Å². The normalized spacial score (nSPS) is 10.7. The van der Waals surface area contributed by atoms with Crippen molar-refractivity contribution >= 4 is 67.5 Å². The molecule has 0 saturated carbocycles. The molecule has 0 atom stereocenters. The van der Waals surface area contributed by atoms with Gasteiger partial charge in [-0.25, -0.2) is 4.68 Å². The highest BCUT2D eigenvalue weighted by Gasteiger charge is 2.21. The summed E-state index contributed by atoms with van der Waals surface area (Å²) in [6, 6.07) is 20.5. The molecule has 0 unspecified atom stereocenters. The average molecular weight is 598 g/mol. The van der Waals surface area contributed by atoms with Crippen molar-refractivity contribution < 1.29 is 19.1 Å². The molecule has 0 saturated heterocycles. The molecule has 0 bridgehead atoms. The van der Waals surface area contributed by atoms with Crippen LogP contribution in [0.1, 0.15) is 36.7 Å². The number of carbonyl (C=O) groups is 3. The van der Waals surface area contributed by atoms with Crippen LogP contribution in [0.3, 0.4) is 0 Å². The molecule has 3 N–H and O–H groups in total. The van der Waals surface area contributed by atoms with E-state index in [1.54, 1.807) is 72.8 Å². The zero-order chi connectivity index (χ0) is 27.1. The van der Waals surface area contributed by atoms with Gasteiger partial charge in [0.15, 0.2) is 0 Å². The third kappa shape index (κ3) is 6.73. The summed E-state index contributed by atoms with van der Waals surface area (Å²) in [7, 11) is 0. The van der Waals surface area contributed by atoms with Gasteiger partial charge >= 0.3 is 11.8 Å². The monoisotopic (exact) mass is 596 g/mol. The molecular weight excluding hydrogens is 572 g/mol. The number of anilines is 2. The van der Waals surface area contributed by atoms with Crippen molar-refractivity contribution in [1.82, 2.24) is 4.68 Å². The van der Waals surface area contributed by atoms with Crippen LogP contribution in [0.4, 0.5) is 11.4 Å². The van der Waals surface area contributed by atoms with Crippen molar-refractivity contribution in [3.8, 4) is 5.75 Å². The molecule has 0 aliphatic rings. The second kappa shape index (κ2) is 12.6. The highest BCUT2D eigenvalue weighted by molar-refractivity contribution is 9.10. The Kier molecular flexibility index (Phi) is 9.04. The van der Waals surface area contributed by atoms with Crippen molar-refractivity contribution in [3.63, 3.8) is 0 Å². The minimum Gasteiger partial charge on any atom is -0.494 e. The van der Waals surface area contributed by atoms with Crippen LogP contribution >= 0.6 is 27.5 Å². The number of nitrogens with one attached hydrogen (secondary N) is 3. The number of halogens is 2. The molecule has 4 aromatic rings. The minimum absolute atomic E-state index is 0.115. The molecule has 4 rings (SSSR count). The number of fused-ring (bicyclic) bond motifs is 1. The summed E-state index contributed by atoms with van der Waals surface area (Å²) in [6.07, 6.45) is 3.18. The zero-order valence-electron chi connectivity index (χ0n) is 20.6. The van der Waals surface area contributed by atoms with Crippen LogP contribution in [0.15, 0.2) is 77.3 Å². The van der Waals surface area contributed by atoms with Crippen molar-refractivity contribution in [3.05, 3.63) is 88.0 Å². The highest BCUT2D eigenvalue weighted by atomic mass is 79.9. The molecule has 0 fully saturated rings. The third-order valence-corrected chi connectivity index (χ3v) is 6.49. The van der Waals surface area contributed by atoms with Gasteiger partial charge in [0.2, 0.25) is 0 Å². The number of benzene rings is 3. The average Bonchev–Trinajstić information content (AvgIpc) is 3.26. The number of para-hydroxylation sites is 1. The minimum atomic E-state index is -0.947. The standard InChI is InChI=1S/C28H26BrClN4O4/c1-2-3-6-15-38-21-12-10-20(11-13-21)31-27(36)28(37)33-34-24-14-9-19(29)16-18(24)17-25(34)26(35)32-23-8-5-4-7-22(23)30/h4-5,7-14,16-17H,2-3,6,15H2,1H3,(H,31,36)(H,32,35)(H,33,37). The van der Waals surface area contributed by atoms with Gasteiger partial charge < -0.3 is 15.4 Å². The van der Waals surface area contributed by atoms with E-state index in [1.165, 1.54) is 4.68 Å². The zero-order valence-corrected chi connectivity index (χ0v) is 22.9. The SMILES string of the molecule is CCCCCOc1ccc(NC(=O)C(=O)Nn2c(C(=O)Nc3ccccc3Cl)cc3cc(Br)ccc32)cc1. The van der Waals surface area contributed by atoms with Gasteiger partial charge in [0.25, 0.3) is 5.91 Å². The number of hydrogen-bond acceptors (Lipinski definition) is 4. The molecule has 10 heteroatoms. The number of carbonyl (C=O) groups excluding carboxylic acids is 3. The van der Waals surface area contributed by atoms with Gasteiger partial charge in [-0.3, -0.25) is 19.8 Å². The van der Waals surface area contributed by atoms with Crippen LogP contribution in [0, 0.1) is 0 Å². The number of unbranched alkanes of at least 4 members (excludes halogenated alkanes) is 2. The molecule has 1 heterocycles. The van der Waals surface area contributed by atoms with Crippen molar-refractivity contribution in [2.75, 3.05) is 22.7 Å². The summed E-state index contributed by atoms with van der Waals surface area (Å²) in [4.78, 5) is 38.7. The van der Waals surface area contributed by atoms with E-state index in [0.717, 1.165) is 23.7 Å². The van der Waals surface area contributed by atoms with Crippen molar-refractivity contribution in [2.45, 2.75) is 26.2 Å². The first-order valence-corrected chi connectivity index (χ1v) is 13.2. The molecule has 0 spiro atoms. The van der Waals surface area contributed by atoms with E-state index < -0.39 is 17.7 Å². The number of aromatic nitrogens is 1. The van der Waals surface area contributed by atoms with E-state index in [0.29, 0.717) is 39.7 Å². The van der Waals surface area contributed by atoms with Gasteiger partial charge in [-0.2, -0.15) is 0 Å². The molecular formula is C28H26BrClN4O4. The first-order valence-electron chi connectivity index (χ1n) is 12.1. The molecule has 0 aliphatic heterocycles. The number of nitrogens with zero attached hydrogens (tertiary/aromatic N) is 1. The summed E-state index contributed by atoms with van der Waals surface area (Å²) < 4.78 is 7.75. The van der Waals surface area contributed by atoms with Crippen LogP contribution in [0.25, 0.3) is 10.9 Å². The molecule has 1 aromatic heterocycles. The Balaban J connectivity index is 1.49. The van der Waals surface area contributed by atoms with Gasteiger partial charge in [-0.1, -0.05) is 59.4 Å². The lowest BCUT2D eigenvalue weighted by atomic mass is 10.2. The van der Waals surface area contributed by atoms with Crippen LogP contribution in [0.2, 0.25) is 5.02 Å². The Morgan fingerprint density at radius 2 is 1.68 bits per heavy atom. The fraction of sp³-hybridized carbons (Fsp3) is 0.179. The number of ether oxygens (including phenoxy) is 1. The second-order valence-corrected chi connectivity index (χ2v) is 9.80. The van der Waals surface area contributed by atoms with Gasteiger partial charge in [0, 0.05) is 15.5 Å². The van der Waals surface area contributed by atoms with E-state index in [1.807, 2.05) is 0 Å². The molecule has 0 radical (unpaired) electrons. The molecule has 196 valence electrons. The Bertz CT molecular complexity index is 1470. The lowest BCUT2D eigenvalue weighted by molar-refractivity contribution is -0.133. The number of rotatable bonds is 9. The van der Waals surface area contributed by atoms with Gasteiger partial charge in [-0.05, 0) is 67.1 Å². The van der Waals surface area contributed by atoms with Gasteiger partial charge in [0.1, 0.15) is 11.4 Å². The lowest BCUT2D eigenvalue weighted by Gasteiger charge is -2.13. The Hall–Kier alpha value is -3.82. The van der Waals surface area contributed by atoms with Crippen LogP contribution in [0.5, 0.6) is 5.75 Å². The van der Waals surface area contributed by atoms with Crippen LogP contribution < -0.4 is 20.8 Å². The summed E-state index contributed by atoms with van der Waals surface area (Å²) in [5, 5.41) is 6.36. The Morgan fingerprint density at radius 1 is 0.921 bits per heavy atom. The predicted molar refractivity (Wildman–Crippen MR) is 154 cm³/mol. The Labute approximate surface area is 233 Å². The molecule has 3 aromatic carbocycles. The fourth-order valence-electron chi connectivity index (χ4n) is 3.74. The maximum atomic E-state index is 13.2. The summed E-state index contributed by atoms with van der Waals surface area (Å²) in [5.41, 5.74) is 4.03. The second-order valence-electron chi connectivity index (χ2n) is 8.48. The van der Waals surface area contributed by atoms with E-state index in [2.05, 4.69) is 38.9 Å². The van der Waals surface area contributed by atoms with Gasteiger partial charge in [-0.15, -0.1) is 0 Å². The predicted octanol–water partition coefficient (Wildman–Crippen LogP) is 6.59. The van der Waals surface area contributed by atoms with Gasteiger partial charge in [0.05, 0.1) is 22.8 Å². The van der Waals surface area contributed by atoms with E-state index >= 15 is 0 Å². The number of hydrogen-bond donors (Lipinski definition) is 3. The number of amides is 3. The highest BCUT2D eigenvalue weighted by Crippen LogP contribution is 2.26.